The third-order valence-corrected chi connectivity index (χ3v) is 9.21. The summed E-state index contributed by atoms with van der Waals surface area (Å²) in [6.45, 7) is -0.280. The molecule has 0 spiro atoms. The second kappa shape index (κ2) is 10.4. The number of hydrogen-bond acceptors (Lipinski definition) is 8. The van der Waals surface area contributed by atoms with Crippen molar-refractivity contribution in [3.63, 3.8) is 0 Å². The highest BCUT2D eigenvalue weighted by Crippen LogP contribution is 2.48. The zero-order valence-corrected chi connectivity index (χ0v) is 25.3. The van der Waals surface area contributed by atoms with Crippen molar-refractivity contribution < 1.29 is 38.8 Å². The lowest BCUT2D eigenvalue weighted by molar-refractivity contribution is -0.256. The molecule has 0 radical (unpaired) electrons. The average molecular weight is 691 g/mol. The number of carbonyl (C=O) groups excluding carboxylic acids is 3. The third kappa shape index (κ3) is 4.05. The van der Waals surface area contributed by atoms with Gasteiger partial charge in [-0.15, -0.1) is 0 Å². The summed E-state index contributed by atoms with van der Waals surface area (Å²) in [7, 11) is 1.34. The lowest BCUT2D eigenvalue weighted by Crippen LogP contribution is -2.57. The number of carbonyl (C=O) groups is 3. The van der Waals surface area contributed by atoms with E-state index >= 15 is 0 Å². The number of para-hydroxylation sites is 2. The second-order valence-electron chi connectivity index (χ2n) is 10.4. The van der Waals surface area contributed by atoms with Gasteiger partial charge >= 0.3 is 5.97 Å². The number of amides is 2. The predicted octanol–water partition coefficient (Wildman–Crippen LogP) is 4.19. The number of methoxy groups -OCH3 is 1. The molecule has 2 aliphatic heterocycles. The lowest BCUT2D eigenvalue weighted by Gasteiger charge is -2.42. The van der Waals surface area contributed by atoms with E-state index in [1.54, 1.807) is 41.0 Å². The maximum atomic E-state index is 13.4. The molecular weight excluding hydrogens is 669 g/mol. The van der Waals surface area contributed by atoms with Crippen molar-refractivity contribution in [3.05, 3.63) is 57.6 Å². The quantitative estimate of drug-likeness (QED) is 0.122. The minimum Gasteiger partial charge on any atom is -0.462 e. The Bertz CT molecular complexity index is 2020. The summed E-state index contributed by atoms with van der Waals surface area (Å²) in [4.78, 5) is 41.9. The summed E-state index contributed by atoms with van der Waals surface area (Å²) >= 11 is 16.4. The molecule has 5 atom stereocenters. The zero-order chi connectivity index (χ0) is 30.3. The molecule has 3 aromatic carbocycles. The van der Waals surface area contributed by atoms with Gasteiger partial charge in [-0.3, -0.25) is 19.7 Å². The van der Waals surface area contributed by atoms with Crippen LogP contribution in [0.25, 0.3) is 43.6 Å². The molecule has 7 rings (SSSR count). The number of esters is 1. The number of imide groups is 1. The number of aromatic amines is 1. The molecule has 2 aliphatic rings. The van der Waals surface area contributed by atoms with Gasteiger partial charge in [0, 0.05) is 28.7 Å². The van der Waals surface area contributed by atoms with Crippen molar-refractivity contribution in [3.8, 4) is 0 Å². The van der Waals surface area contributed by atoms with Crippen molar-refractivity contribution in [2.24, 2.45) is 0 Å². The maximum absolute atomic E-state index is 13.4. The Kier molecular flexibility index (Phi) is 6.93. The second-order valence-corrected chi connectivity index (χ2v) is 11.7. The van der Waals surface area contributed by atoms with E-state index in [1.165, 1.54) is 7.11 Å². The van der Waals surface area contributed by atoms with Crippen LogP contribution in [0.3, 0.4) is 0 Å². The minimum atomic E-state index is -1.56. The highest BCUT2D eigenvalue weighted by atomic mass is 79.9. The fourth-order valence-corrected chi connectivity index (χ4v) is 7.05. The summed E-state index contributed by atoms with van der Waals surface area (Å²) in [5.41, 5.74) is 2.07. The number of rotatable bonds is 5. The molecule has 0 unspecified atom stereocenters. The van der Waals surface area contributed by atoms with E-state index < -0.39 is 48.4 Å². The molecule has 43 heavy (non-hydrogen) atoms. The van der Waals surface area contributed by atoms with Crippen LogP contribution >= 0.6 is 39.1 Å². The Hall–Kier alpha value is -3.23. The van der Waals surface area contributed by atoms with Gasteiger partial charge in [0.1, 0.15) is 36.4 Å². The van der Waals surface area contributed by atoms with Crippen LogP contribution in [-0.2, 0) is 19.0 Å². The molecule has 0 saturated carbocycles. The number of hydrogen-bond donors (Lipinski definition) is 4. The normalized spacial score (nSPS) is 23.9. The van der Waals surface area contributed by atoms with Crippen LogP contribution in [0.5, 0.6) is 0 Å². The first-order valence-electron chi connectivity index (χ1n) is 13.2. The smallest absolute Gasteiger partial charge is 0.316 e. The molecule has 0 bridgehead atoms. The number of halogens is 3. The first-order valence-corrected chi connectivity index (χ1v) is 15.0. The van der Waals surface area contributed by atoms with E-state index in [9.17, 15) is 24.6 Å². The highest BCUT2D eigenvalue weighted by molar-refractivity contribution is 9.09. The van der Waals surface area contributed by atoms with Crippen LogP contribution in [-0.4, -0.2) is 81.0 Å². The number of alkyl halides is 1. The summed E-state index contributed by atoms with van der Waals surface area (Å²) in [5, 5.41) is 27.7. The van der Waals surface area contributed by atoms with E-state index in [0.717, 1.165) is 0 Å². The molecule has 14 heteroatoms. The molecule has 4 N–H and O–H groups in total. The van der Waals surface area contributed by atoms with Gasteiger partial charge in [0.05, 0.1) is 43.2 Å². The molecule has 1 fully saturated rings. The van der Waals surface area contributed by atoms with Crippen LogP contribution in [0, 0.1) is 0 Å². The predicted molar refractivity (Wildman–Crippen MR) is 162 cm³/mol. The first kappa shape index (κ1) is 28.5. The Morgan fingerprint density at radius 3 is 2.35 bits per heavy atom. The Labute approximate surface area is 260 Å². The number of benzene rings is 3. The molecule has 2 aromatic heterocycles. The van der Waals surface area contributed by atoms with E-state index in [2.05, 4.69) is 26.2 Å². The fraction of sp³-hybridized carbons (Fsp3) is 0.276. The number of H-pyrrole nitrogens is 1. The zero-order valence-electron chi connectivity index (χ0n) is 22.2. The van der Waals surface area contributed by atoms with Gasteiger partial charge in [0.25, 0.3) is 11.8 Å². The number of aliphatic hydroxyl groups excluding tert-OH is 2. The summed E-state index contributed by atoms with van der Waals surface area (Å²) in [6.07, 6.45) is -6.39. The average Bonchev–Trinajstić information content (AvgIpc) is 3.63. The van der Waals surface area contributed by atoms with E-state index in [0.29, 0.717) is 48.6 Å². The van der Waals surface area contributed by atoms with Crippen molar-refractivity contribution in [1.82, 2.24) is 14.9 Å². The van der Waals surface area contributed by atoms with Gasteiger partial charge in [-0.05, 0) is 12.1 Å². The number of nitrogens with one attached hydrogen (secondary N) is 2. The molecule has 5 aromatic rings. The fourth-order valence-electron chi connectivity index (χ4n) is 6.40. The topological polar surface area (TPSA) is 152 Å². The molecule has 4 heterocycles. The lowest BCUT2D eigenvalue weighted by atomic mass is 9.96. The minimum absolute atomic E-state index is 0.0543. The van der Waals surface area contributed by atoms with Gasteiger partial charge in [-0.25, -0.2) is 0 Å². The van der Waals surface area contributed by atoms with Crippen molar-refractivity contribution >= 4 is 101 Å². The summed E-state index contributed by atoms with van der Waals surface area (Å²) in [5.74, 6) is -1.71. The highest BCUT2D eigenvalue weighted by Gasteiger charge is 2.48. The maximum Gasteiger partial charge on any atom is 0.316 e. The molecular formula is C29H22BrCl2N3O8. The van der Waals surface area contributed by atoms with Crippen LogP contribution in [0.2, 0.25) is 10.0 Å². The Morgan fingerprint density at radius 1 is 0.977 bits per heavy atom. The standard InChI is InChI=1S/C29H22BrCl2N3O8/c1-41-26-14(9-42-15(36)8-30)43-29(25(38)24(26)37)35-22-11(5-3-7-13(22)32)17-19-18(27(39)34-28(19)40)16-10-4-2-6-12(31)20(10)33-21(16)23(17)35/h2-7,14,24-26,29,33,37-38H,8-9H2,1H3,(H,34,39,40)/t14-,24-,25-,26-,29-/m1/s1. The van der Waals surface area contributed by atoms with E-state index in [-0.39, 0.29) is 28.1 Å². The van der Waals surface area contributed by atoms with E-state index in [1.807, 2.05) is 0 Å². The van der Waals surface area contributed by atoms with Gasteiger partial charge in [-0.1, -0.05) is 63.4 Å². The summed E-state index contributed by atoms with van der Waals surface area (Å²) < 4.78 is 18.7. The first-order chi connectivity index (χ1) is 20.7. The monoisotopic (exact) mass is 689 g/mol. The molecule has 1 saturated heterocycles. The van der Waals surface area contributed by atoms with Crippen molar-refractivity contribution in [1.29, 1.82) is 0 Å². The van der Waals surface area contributed by atoms with Gasteiger partial charge in [-0.2, -0.15) is 0 Å². The number of aromatic nitrogens is 2. The molecule has 11 nitrogen and oxygen atoms in total. The largest absolute Gasteiger partial charge is 0.462 e. The van der Waals surface area contributed by atoms with Crippen LogP contribution < -0.4 is 5.32 Å². The Balaban J connectivity index is 1.60. The number of fused-ring (bicyclic) bond motifs is 10. The summed E-state index contributed by atoms with van der Waals surface area (Å²) in [6, 6.07) is 10.3. The van der Waals surface area contributed by atoms with Gasteiger partial charge in [0.2, 0.25) is 0 Å². The van der Waals surface area contributed by atoms with Crippen LogP contribution in [0.4, 0.5) is 0 Å². The molecule has 0 aliphatic carbocycles. The third-order valence-electron chi connectivity index (χ3n) is 8.13. The SMILES string of the molecule is CO[C@H]1[C@H](O)[C@@H](O)[C@H](n2c3c(Cl)cccc3c3c4c(c5c6cccc(Cl)c6[nH]c5c32)C(=O)NC4=O)O[C@@H]1COC(=O)CBr. The van der Waals surface area contributed by atoms with Crippen molar-refractivity contribution in [2.45, 2.75) is 30.6 Å². The van der Waals surface area contributed by atoms with E-state index in [4.69, 9.17) is 37.4 Å². The molecule has 222 valence electrons. The van der Waals surface area contributed by atoms with Gasteiger partial charge in [0.15, 0.2) is 6.23 Å². The number of aliphatic hydroxyl groups is 2. The number of ether oxygens (including phenoxy) is 3. The molecule has 2 amide bonds. The van der Waals surface area contributed by atoms with Crippen LogP contribution in [0.15, 0.2) is 36.4 Å². The van der Waals surface area contributed by atoms with Crippen molar-refractivity contribution in [2.75, 3.05) is 19.0 Å². The number of nitrogens with zero attached hydrogens (tertiary/aromatic N) is 1. The van der Waals surface area contributed by atoms with Gasteiger partial charge < -0.3 is 34.0 Å². The Morgan fingerprint density at radius 2 is 1.65 bits per heavy atom. The van der Waals surface area contributed by atoms with Crippen LogP contribution in [0.1, 0.15) is 26.9 Å².